The normalized spacial score (nSPS) is 15.3. The van der Waals surface area contributed by atoms with Crippen LogP contribution in [-0.4, -0.2) is 59.7 Å². The molecule has 148 valence electrons. The minimum absolute atomic E-state index is 0.628. The number of hydrogen-bond acceptors (Lipinski definition) is 5. The molecule has 0 spiro atoms. The third-order valence-electron chi connectivity index (χ3n) is 5.33. The molecular formula is C21H26ClN5O. The van der Waals surface area contributed by atoms with Crippen LogP contribution >= 0.6 is 11.6 Å². The van der Waals surface area contributed by atoms with E-state index in [0.29, 0.717) is 5.88 Å². The highest BCUT2D eigenvalue weighted by atomic mass is 35.5. The van der Waals surface area contributed by atoms with E-state index in [1.54, 1.807) is 7.11 Å². The second-order valence-electron chi connectivity index (χ2n) is 7.29. The first-order valence-corrected chi connectivity index (χ1v) is 10.1. The Hall–Kier alpha value is -2.31. The SMILES string of the molecule is COc1cc(C)nc(N2CCN(CCCc3c[nH]c4ccc(Cl)cc34)CC2)n1. The number of piperazine rings is 1. The van der Waals surface area contributed by atoms with Crippen molar-refractivity contribution >= 4 is 28.5 Å². The third kappa shape index (κ3) is 4.23. The fourth-order valence-electron chi connectivity index (χ4n) is 3.79. The molecule has 0 unspecified atom stereocenters. The highest BCUT2D eigenvalue weighted by molar-refractivity contribution is 6.31. The standard InChI is InChI=1S/C21H26ClN5O/c1-15-12-20(28-2)25-21(24-15)27-10-8-26(9-11-27)7-3-4-16-14-23-19-6-5-17(22)13-18(16)19/h5-6,12-14,23H,3-4,7-11H2,1-2H3. The highest BCUT2D eigenvalue weighted by Crippen LogP contribution is 2.23. The van der Waals surface area contributed by atoms with Gasteiger partial charge in [-0.05, 0) is 50.1 Å². The zero-order valence-electron chi connectivity index (χ0n) is 16.4. The Morgan fingerprint density at radius 1 is 1.14 bits per heavy atom. The van der Waals surface area contributed by atoms with Gasteiger partial charge in [0.15, 0.2) is 0 Å². The van der Waals surface area contributed by atoms with E-state index in [9.17, 15) is 0 Å². The summed E-state index contributed by atoms with van der Waals surface area (Å²) in [5, 5.41) is 2.03. The summed E-state index contributed by atoms with van der Waals surface area (Å²) in [6, 6.07) is 7.88. The number of nitrogens with zero attached hydrogens (tertiary/aromatic N) is 4. The molecule has 3 heterocycles. The van der Waals surface area contributed by atoms with Crippen LogP contribution in [-0.2, 0) is 6.42 Å². The van der Waals surface area contributed by atoms with Crippen molar-refractivity contribution in [1.29, 1.82) is 0 Å². The van der Waals surface area contributed by atoms with E-state index in [4.69, 9.17) is 16.3 Å². The van der Waals surface area contributed by atoms with Gasteiger partial charge in [-0.2, -0.15) is 4.98 Å². The van der Waals surface area contributed by atoms with Crippen LogP contribution < -0.4 is 9.64 Å². The predicted molar refractivity (Wildman–Crippen MR) is 114 cm³/mol. The van der Waals surface area contributed by atoms with Crippen LogP contribution in [0.4, 0.5) is 5.95 Å². The number of benzene rings is 1. The first-order chi connectivity index (χ1) is 13.6. The van der Waals surface area contributed by atoms with Gasteiger partial charge in [0.2, 0.25) is 11.8 Å². The number of aryl methyl sites for hydroxylation is 2. The Morgan fingerprint density at radius 2 is 1.96 bits per heavy atom. The molecule has 6 nitrogen and oxygen atoms in total. The molecule has 0 bridgehead atoms. The van der Waals surface area contributed by atoms with Crippen LogP contribution in [0.25, 0.3) is 10.9 Å². The summed E-state index contributed by atoms with van der Waals surface area (Å²) >= 11 is 6.15. The summed E-state index contributed by atoms with van der Waals surface area (Å²) < 4.78 is 5.27. The van der Waals surface area contributed by atoms with Gasteiger partial charge in [-0.3, -0.25) is 4.90 Å². The molecule has 1 aromatic carbocycles. The van der Waals surface area contributed by atoms with Crippen LogP contribution in [0.5, 0.6) is 5.88 Å². The van der Waals surface area contributed by atoms with Gasteiger partial charge in [0.05, 0.1) is 7.11 Å². The van der Waals surface area contributed by atoms with Crippen molar-refractivity contribution in [2.45, 2.75) is 19.8 Å². The highest BCUT2D eigenvalue weighted by Gasteiger charge is 2.19. The monoisotopic (exact) mass is 399 g/mol. The number of aromatic amines is 1. The molecule has 1 fully saturated rings. The molecule has 3 aromatic rings. The average Bonchev–Trinajstić information content (AvgIpc) is 3.10. The molecule has 1 saturated heterocycles. The van der Waals surface area contributed by atoms with E-state index < -0.39 is 0 Å². The molecule has 2 aromatic heterocycles. The molecule has 0 radical (unpaired) electrons. The smallest absolute Gasteiger partial charge is 0.228 e. The largest absolute Gasteiger partial charge is 0.481 e. The number of anilines is 1. The second-order valence-corrected chi connectivity index (χ2v) is 7.72. The molecule has 0 atom stereocenters. The number of hydrogen-bond donors (Lipinski definition) is 1. The van der Waals surface area contributed by atoms with E-state index >= 15 is 0 Å². The number of nitrogens with one attached hydrogen (secondary N) is 1. The van der Waals surface area contributed by atoms with Crippen molar-refractivity contribution in [3.8, 4) is 5.88 Å². The maximum absolute atomic E-state index is 6.15. The third-order valence-corrected chi connectivity index (χ3v) is 5.57. The van der Waals surface area contributed by atoms with Gasteiger partial charge in [-0.15, -0.1) is 0 Å². The number of rotatable bonds is 6. The maximum atomic E-state index is 6.15. The number of ether oxygens (including phenoxy) is 1. The van der Waals surface area contributed by atoms with Crippen LogP contribution in [0, 0.1) is 6.92 Å². The lowest BCUT2D eigenvalue weighted by Crippen LogP contribution is -2.47. The van der Waals surface area contributed by atoms with Gasteiger partial charge in [0.1, 0.15) is 0 Å². The fraction of sp³-hybridized carbons (Fsp3) is 0.429. The van der Waals surface area contributed by atoms with Gasteiger partial charge in [-0.25, -0.2) is 4.98 Å². The minimum atomic E-state index is 0.628. The summed E-state index contributed by atoms with van der Waals surface area (Å²) in [6.07, 6.45) is 4.30. The van der Waals surface area contributed by atoms with Crippen LogP contribution in [0.1, 0.15) is 17.7 Å². The van der Waals surface area contributed by atoms with Gasteiger partial charge >= 0.3 is 0 Å². The molecular weight excluding hydrogens is 374 g/mol. The van der Waals surface area contributed by atoms with Gasteiger partial charge in [-0.1, -0.05) is 11.6 Å². The van der Waals surface area contributed by atoms with Crippen molar-refractivity contribution in [3.63, 3.8) is 0 Å². The Labute approximate surface area is 170 Å². The lowest BCUT2D eigenvalue weighted by molar-refractivity contribution is 0.253. The van der Waals surface area contributed by atoms with Gasteiger partial charge in [0, 0.05) is 60.1 Å². The Kier molecular flexibility index (Phi) is 5.69. The van der Waals surface area contributed by atoms with E-state index in [-0.39, 0.29) is 0 Å². The van der Waals surface area contributed by atoms with Crippen LogP contribution in [0.2, 0.25) is 5.02 Å². The van der Waals surface area contributed by atoms with E-state index in [1.807, 2.05) is 25.1 Å². The molecule has 1 aliphatic rings. The van der Waals surface area contributed by atoms with E-state index in [1.165, 1.54) is 10.9 Å². The Bertz CT molecular complexity index is 949. The lowest BCUT2D eigenvalue weighted by atomic mass is 10.1. The summed E-state index contributed by atoms with van der Waals surface area (Å²) in [5.41, 5.74) is 3.43. The first-order valence-electron chi connectivity index (χ1n) is 9.75. The van der Waals surface area contributed by atoms with Gasteiger partial charge < -0.3 is 14.6 Å². The van der Waals surface area contributed by atoms with E-state index in [0.717, 1.165) is 67.7 Å². The molecule has 7 heteroatoms. The van der Waals surface area contributed by atoms with Crippen molar-refractivity contribution in [2.75, 3.05) is 44.7 Å². The van der Waals surface area contributed by atoms with Crippen molar-refractivity contribution < 1.29 is 4.74 Å². The Morgan fingerprint density at radius 3 is 2.75 bits per heavy atom. The fourth-order valence-corrected chi connectivity index (χ4v) is 3.96. The molecule has 0 saturated carbocycles. The topological polar surface area (TPSA) is 57.3 Å². The number of fused-ring (bicyclic) bond motifs is 1. The van der Waals surface area contributed by atoms with Crippen molar-refractivity contribution in [1.82, 2.24) is 19.9 Å². The quantitative estimate of drug-likeness (QED) is 0.685. The summed E-state index contributed by atoms with van der Waals surface area (Å²) in [6.45, 7) is 7.00. The molecule has 0 aliphatic carbocycles. The summed E-state index contributed by atoms with van der Waals surface area (Å²) in [4.78, 5) is 17.2. The number of halogens is 1. The van der Waals surface area contributed by atoms with Gasteiger partial charge in [0.25, 0.3) is 0 Å². The maximum Gasteiger partial charge on any atom is 0.228 e. The summed E-state index contributed by atoms with van der Waals surface area (Å²) in [7, 11) is 1.64. The number of methoxy groups -OCH3 is 1. The first kappa shape index (κ1) is 19.0. The molecule has 0 amide bonds. The minimum Gasteiger partial charge on any atom is -0.481 e. The lowest BCUT2D eigenvalue weighted by Gasteiger charge is -2.34. The molecule has 1 N–H and O–H groups in total. The van der Waals surface area contributed by atoms with E-state index in [2.05, 4.69) is 37.0 Å². The predicted octanol–water partition coefficient (Wildman–Crippen LogP) is 3.68. The van der Waals surface area contributed by atoms with Crippen LogP contribution in [0.15, 0.2) is 30.5 Å². The molecule has 1 aliphatic heterocycles. The summed E-state index contributed by atoms with van der Waals surface area (Å²) in [5.74, 6) is 1.40. The number of aromatic nitrogens is 3. The second kappa shape index (κ2) is 8.37. The van der Waals surface area contributed by atoms with Crippen molar-refractivity contribution in [3.05, 3.63) is 46.7 Å². The zero-order valence-corrected chi connectivity index (χ0v) is 17.2. The average molecular weight is 400 g/mol. The molecule has 28 heavy (non-hydrogen) atoms. The van der Waals surface area contributed by atoms with Crippen LogP contribution in [0.3, 0.4) is 0 Å². The van der Waals surface area contributed by atoms with Crippen molar-refractivity contribution in [2.24, 2.45) is 0 Å². The number of H-pyrrole nitrogens is 1. The molecule has 4 rings (SSSR count). The Balaban J connectivity index is 1.29. The zero-order chi connectivity index (χ0) is 19.5.